The third-order valence-electron chi connectivity index (χ3n) is 3.84. The van der Waals surface area contributed by atoms with E-state index in [2.05, 4.69) is 10.6 Å². The number of hydrogen-bond acceptors (Lipinski definition) is 6. The molecule has 0 aliphatic carbocycles. The molecule has 1 amide bonds. The van der Waals surface area contributed by atoms with Gasteiger partial charge in [-0.2, -0.15) is 8.78 Å². The van der Waals surface area contributed by atoms with Crippen LogP contribution in [0.25, 0.3) is 0 Å². The Balaban J connectivity index is 2.26. The molecule has 1 saturated heterocycles. The van der Waals surface area contributed by atoms with Crippen LogP contribution < -0.4 is 16.4 Å². The summed E-state index contributed by atoms with van der Waals surface area (Å²) in [5, 5.41) is 5.50. The first kappa shape index (κ1) is 19.5. The highest BCUT2D eigenvalue weighted by Gasteiger charge is 2.31. The summed E-state index contributed by atoms with van der Waals surface area (Å²) < 4.78 is 54.3. The number of anilines is 2. The number of nitrogens with two attached hydrogens (primary N) is 1. The molecule has 0 unspecified atom stereocenters. The first-order valence-corrected chi connectivity index (χ1v) is 9.40. The van der Waals surface area contributed by atoms with Crippen LogP contribution in [0.2, 0.25) is 0 Å². The number of carbonyl (C=O) groups excluding carboxylic acids is 1. The van der Waals surface area contributed by atoms with Crippen molar-refractivity contribution in [1.29, 1.82) is 0 Å². The van der Waals surface area contributed by atoms with Crippen molar-refractivity contribution in [3.05, 3.63) is 18.2 Å². The quantitative estimate of drug-likeness (QED) is 0.665. The van der Waals surface area contributed by atoms with E-state index in [1.165, 1.54) is 6.07 Å². The predicted octanol–water partition coefficient (Wildman–Crippen LogP) is 1.56. The van der Waals surface area contributed by atoms with Gasteiger partial charge in [-0.05, 0) is 38.0 Å². The first-order valence-electron chi connectivity index (χ1n) is 7.86. The second-order valence-corrected chi connectivity index (χ2v) is 7.51. The van der Waals surface area contributed by atoms with E-state index in [1.54, 1.807) is 6.92 Å². The van der Waals surface area contributed by atoms with Crippen LogP contribution in [0.3, 0.4) is 0 Å². The third kappa shape index (κ3) is 4.44. The van der Waals surface area contributed by atoms with E-state index in [-0.39, 0.29) is 11.8 Å². The molecule has 0 aromatic heterocycles. The second-order valence-electron chi connectivity index (χ2n) is 5.59. The summed E-state index contributed by atoms with van der Waals surface area (Å²) in [5.74, 6) is -4.01. The number of hydrogen-bond donors (Lipinski definition) is 3. The van der Waals surface area contributed by atoms with Crippen molar-refractivity contribution in [2.45, 2.75) is 42.6 Å². The highest BCUT2D eigenvalue weighted by atomic mass is 32.2. The number of alkyl halides is 2. The lowest BCUT2D eigenvalue weighted by atomic mass is 10.2. The molecule has 0 radical (unpaired) electrons. The van der Waals surface area contributed by atoms with Crippen molar-refractivity contribution in [3.8, 4) is 0 Å². The molecule has 1 aliphatic heterocycles. The summed E-state index contributed by atoms with van der Waals surface area (Å²) in [6.07, 6.45) is 0.223. The zero-order valence-electron chi connectivity index (χ0n) is 13.7. The molecule has 1 aromatic carbocycles. The minimum Gasteiger partial charge on any atom is -0.384 e. The molecular weight excluding hydrogens is 356 g/mol. The summed E-state index contributed by atoms with van der Waals surface area (Å²) in [4.78, 5) is 11.8. The van der Waals surface area contributed by atoms with Crippen LogP contribution in [0.5, 0.6) is 0 Å². The van der Waals surface area contributed by atoms with Crippen molar-refractivity contribution in [3.63, 3.8) is 0 Å². The fraction of sp³-hybridized carbons (Fsp3) is 0.533. The lowest BCUT2D eigenvalue weighted by molar-refractivity contribution is -0.126. The molecule has 2 rings (SSSR count). The lowest BCUT2D eigenvalue weighted by Crippen LogP contribution is -2.30. The van der Waals surface area contributed by atoms with Gasteiger partial charge in [0.1, 0.15) is 6.10 Å². The zero-order chi connectivity index (χ0) is 18.6. The molecule has 7 nitrogen and oxygen atoms in total. The molecule has 140 valence electrons. The Hall–Kier alpha value is -1.78. The monoisotopic (exact) mass is 377 g/mol. The van der Waals surface area contributed by atoms with Gasteiger partial charge in [0.25, 0.3) is 5.91 Å². The van der Waals surface area contributed by atoms with Gasteiger partial charge in [0, 0.05) is 13.1 Å². The summed E-state index contributed by atoms with van der Waals surface area (Å²) in [7, 11) is -4.76. The van der Waals surface area contributed by atoms with Crippen LogP contribution in [0, 0.1) is 0 Å². The number of rotatable bonds is 7. The smallest absolute Gasteiger partial charge is 0.341 e. The highest BCUT2D eigenvalue weighted by Crippen LogP contribution is 2.29. The predicted molar refractivity (Wildman–Crippen MR) is 89.4 cm³/mol. The largest absolute Gasteiger partial charge is 0.384 e. The van der Waals surface area contributed by atoms with Crippen molar-refractivity contribution in [1.82, 2.24) is 0 Å². The average Bonchev–Trinajstić information content (AvgIpc) is 3.05. The van der Waals surface area contributed by atoms with Crippen molar-refractivity contribution in [2.75, 3.05) is 23.7 Å². The van der Waals surface area contributed by atoms with Crippen molar-refractivity contribution >= 4 is 27.1 Å². The number of ether oxygens (including phenoxy) is 1. The van der Waals surface area contributed by atoms with E-state index in [9.17, 15) is 22.0 Å². The maximum absolute atomic E-state index is 12.7. The van der Waals surface area contributed by atoms with Gasteiger partial charge >= 0.3 is 5.76 Å². The Morgan fingerprint density at radius 2 is 2.08 bits per heavy atom. The van der Waals surface area contributed by atoms with Gasteiger partial charge in [-0.25, -0.2) is 8.42 Å². The number of halogens is 2. The lowest BCUT2D eigenvalue weighted by Gasteiger charge is -2.17. The normalized spacial score (nSPS) is 20.7. The molecule has 1 aliphatic rings. The van der Waals surface area contributed by atoms with Gasteiger partial charge in [-0.1, -0.05) is 0 Å². The first-order chi connectivity index (χ1) is 11.8. The number of amides is 1. The Morgan fingerprint density at radius 1 is 1.36 bits per heavy atom. The maximum Gasteiger partial charge on any atom is 0.341 e. The summed E-state index contributed by atoms with van der Waals surface area (Å²) in [5.41, 5.74) is 6.04. The molecule has 1 aromatic rings. The van der Waals surface area contributed by atoms with E-state index in [0.29, 0.717) is 31.6 Å². The van der Waals surface area contributed by atoms with E-state index in [4.69, 9.17) is 10.5 Å². The molecule has 0 bridgehead atoms. The highest BCUT2D eigenvalue weighted by molar-refractivity contribution is 7.91. The Morgan fingerprint density at radius 3 is 2.64 bits per heavy atom. The molecule has 0 saturated carbocycles. The van der Waals surface area contributed by atoms with Crippen molar-refractivity contribution < 1.29 is 26.7 Å². The molecule has 25 heavy (non-hydrogen) atoms. The number of nitrogens with one attached hydrogen (secondary N) is 2. The fourth-order valence-electron chi connectivity index (χ4n) is 2.54. The topological polar surface area (TPSA) is 111 Å². The fourth-order valence-corrected chi connectivity index (χ4v) is 3.28. The van der Waals surface area contributed by atoms with Gasteiger partial charge in [0.2, 0.25) is 9.84 Å². The minimum atomic E-state index is -4.76. The van der Waals surface area contributed by atoms with E-state index in [0.717, 1.165) is 12.1 Å². The van der Waals surface area contributed by atoms with Crippen LogP contribution >= 0.6 is 0 Å². The number of benzene rings is 1. The molecule has 10 heteroatoms. The Bertz CT molecular complexity index is 727. The van der Waals surface area contributed by atoms with Crippen LogP contribution in [0.15, 0.2) is 23.1 Å². The summed E-state index contributed by atoms with van der Waals surface area (Å²) in [6.45, 7) is 2.61. The van der Waals surface area contributed by atoms with Gasteiger partial charge in [-0.15, -0.1) is 0 Å². The van der Waals surface area contributed by atoms with Crippen molar-refractivity contribution in [2.24, 2.45) is 5.73 Å². The SMILES string of the molecule is CCNc1ccc(S(=O)(=O)C(F)F)cc1NC(=O)[C@@H]1CC[C@H](CN)O1. The number of carbonyl (C=O) groups is 1. The van der Waals surface area contributed by atoms with E-state index in [1.807, 2.05) is 0 Å². The Labute approximate surface area is 144 Å². The van der Waals surface area contributed by atoms with Crippen LogP contribution in [-0.4, -0.2) is 45.4 Å². The Kier molecular flexibility index (Phi) is 6.31. The van der Waals surface area contributed by atoms with Crippen LogP contribution in [0.4, 0.5) is 20.2 Å². The van der Waals surface area contributed by atoms with Gasteiger partial charge in [0.15, 0.2) is 0 Å². The van der Waals surface area contributed by atoms with Gasteiger partial charge in [0.05, 0.1) is 22.4 Å². The van der Waals surface area contributed by atoms with E-state index < -0.39 is 32.5 Å². The molecule has 4 N–H and O–H groups in total. The maximum atomic E-state index is 12.7. The summed E-state index contributed by atoms with van der Waals surface area (Å²) in [6, 6.07) is 3.44. The molecular formula is C15H21F2N3O4S. The van der Waals surface area contributed by atoms with Crippen LogP contribution in [-0.2, 0) is 19.4 Å². The number of sulfone groups is 1. The van der Waals surface area contributed by atoms with E-state index >= 15 is 0 Å². The van der Waals surface area contributed by atoms with Crippen LogP contribution in [0.1, 0.15) is 19.8 Å². The zero-order valence-corrected chi connectivity index (χ0v) is 14.5. The van der Waals surface area contributed by atoms with Gasteiger partial charge < -0.3 is 21.1 Å². The molecule has 0 spiro atoms. The van der Waals surface area contributed by atoms with Gasteiger partial charge in [-0.3, -0.25) is 4.79 Å². The second kappa shape index (κ2) is 8.07. The standard InChI is InChI=1S/C15H21F2N3O4S/c1-2-19-11-5-4-10(25(22,23)15(16)17)7-12(11)20-14(21)13-6-3-9(8-18)24-13/h4-5,7,9,13,15,19H,2-3,6,8,18H2,1H3,(H,20,21)/t9-,13+/m1/s1. The molecule has 2 atom stereocenters. The third-order valence-corrected chi connectivity index (χ3v) is 5.22. The average molecular weight is 377 g/mol. The molecule has 1 fully saturated rings. The summed E-state index contributed by atoms with van der Waals surface area (Å²) >= 11 is 0. The minimum absolute atomic E-state index is 0.105. The molecule has 1 heterocycles.